The summed E-state index contributed by atoms with van der Waals surface area (Å²) in [6, 6.07) is 14.9. The highest BCUT2D eigenvalue weighted by atomic mass is 127. The number of amides is 1. The number of likely N-dealkylation sites (tertiary alicyclic amines) is 1. The summed E-state index contributed by atoms with van der Waals surface area (Å²) in [6.07, 6.45) is 10.2. The fourth-order valence-corrected chi connectivity index (χ4v) is 7.13. The van der Waals surface area contributed by atoms with Crippen LogP contribution in [0.1, 0.15) is 56.1 Å². The lowest BCUT2D eigenvalue weighted by Gasteiger charge is -2.59. The van der Waals surface area contributed by atoms with E-state index < -0.39 is 6.09 Å². The zero-order chi connectivity index (χ0) is 21.7. The second kappa shape index (κ2) is 8.32. The maximum Gasteiger partial charge on any atom is 0.417 e. The number of ether oxygens (including phenoxy) is 1. The van der Waals surface area contributed by atoms with E-state index in [1.807, 2.05) is 30.3 Å². The molecule has 0 spiro atoms. The van der Waals surface area contributed by atoms with Gasteiger partial charge in [-0.2, -0.15) is 0 Å². The first-order chi connectivity index (χ1) is 15.6. The average molecular weight is 542 g/mol. The number of piperidine rings is 1. The molecule has 6 rings (SSSR count). The zero-order valence-corrected chi connectivity index (χ0v) is 20.6. The normalized spacial score (nSPS) is 29.0. The lowest BCUT2D eigenvalue weighted by molar-refractivity contribution is -0.0134. The largest absolute Gasteiger partial charge is 0.417 e. The number of carbonyl (C=O) groups is 1. The van der Waals surface area contributed by atoms with Gasteiger partial charge >= 0.3 is 6.09 Å². The van der Waals surface area contributed by atoms with Gasteiger partial charge in [-0.3, -0.25) is 10.2 Å². The van der Waals surface area contributed by atoms with E-state index in [4.69, 9.17) is 4.74 Å². The van der Waals surface area contributed by atoms with Gasteiger partial charge in [-0.05, 0) is 127 Å². The third kappa shape index (κ3) is 3.85. The molecule has 1 N–H and O–H groups in total. The Balaban J connectivity index is 1.25. The molecule has 3 fully saturated rings. The summed E-state index contributed by atoms with van der Waals surface area (Å²) in [5, 5.41) is 2.85. The van der Waals surface area contributed by atoms with Crippen molar-refractivity contribution in [1.82, 2.24) is 4.90 Å². The number of halogens is 1. The van der Waals surface area contributed by atoms with Crippen molar-refractivity contribution >= 4 is 34.4 Å². The molecule has 2 aromatic rings. The van der Waals surface area contributed by atoms with Crippen LogP contribution in [0.25, 0.3) is 0 Å². The number of hydrogen-bond acceptors (Lipinski definition) is 3. The quantitative estimate of drug-likeness (QED) is 0.457. The Bertz CT molecular complexity index is 1020. The van der Waals surface area contributed by atoms with Crippen molar-refractivity contribution in [2.75, 3.05) is 18.4 Å². The van der Waals surface area contributed by atoms with Crippen molar-refractivity contribution in [1.29, 1.82) is 0 Å². The molecule has 2 bridgehead atoms. The van der Waals surface area contributed by atoms with Gasteiger partial charge in [-0.1, -0.05) is 18.9 Å². The van der Waals surface area contributed by atoms with Crippen LogP contribution in [0.2, 0.25) is 0 Å². The summed E-state index contributed by atoms with van der Waals surface area (Å²) in [6.45, 7) is 2.54. The molecule has 1 amide bonds. The molecule has 32 heavy (non-hydrogen) atoms. The molecule has 1 heterocycles. The summed E-state index contributed by atoms with van der Waals surface area (Å²) >= 11 is 2.26. The Morgan fingerprint density at radius 1 is 1.09 bits per heavy atom. The molecule has 1 aliphatic heterocycles. The second-order valence-corrected chi connectivity index (χ2v) is 11.6. The molecule has 0 radical (unpaired) electrons. The molecule has 2 saturated carbocycles. The van der Waals surface area contributed by atoms with Crippen LogP contribution in [0.3, 0.4) is 0 Å². The van der Waals surface area contributed by atoms with Crippen LogP contribution in [0.5, 0.6) is 5.75 Å². The zero-order valence-electron chi connectivity index (χ0n) is 18.5. The van der Waals surface area contributed by atoms with Crippen LogP contribution in [0, 0.1) is 15.4 Å². The Labute approximate surface area is 204 Å². The van der Waals surface area contributed by atoms with Crippen LogP contribution < -0.4 is 10.1 Å². The number of fused-ring (bicyclic) bond motifs is 1. The lowest BCUT2D eigenvalue weighted by atomic mass is 9.52. The van der Waals surface area contributed by atoms with Crippen molar-refractivity contribution in [2.45, 2.75) is 62.8 Å². The van der Waals surface area contributed by atoms with Gasteiger partial charge in [0.2, 0.25) is 0 Å². The minimum absolute atomic E-state index is 0.280. The van der Waals surface area contributed by atoms with Gasteiger partial charge in [0.25, 0.3) is 0 Å². The van der Waals surface area contributed by atoms with E-state index >= 15 is 0 Å². The molecule has 4 aliphatic rings. The molecule has 0 aromatic heterocycles. The van der Waals surface area contributed by atoms with E-state index in [2.05, 4.69) is 44.9 Å². The van der Waals surface area contributed by atoms with Crippen molar-refractivity contribution in [3.05, 3.63) is 57.2 Å². The van der Waals surface area contributed by atoms with Crippen LogP contribution in [0.15, 0.2) is 42.5 Å². The van der Waals surface area contributed by atoms with E-state index in [1.54, 1.807) is 0 Å². The summed E-state index contributed by atoms with van der Waals surface area (Å²) in [5.41, 5.74) is 4.00. The van der Waals surface area contributed by atoms with E-state index in [0.29, 0.717) is 11.8 Å². The van der Waals surface area contributed by atoms with E-state index in [9.17, 15) is 4.79 Å². The third-order valence-electron chi connectivity index (χ3n) is 8.41. The van der Waals surface area contributed by atoms with Gasteiger partial charge in [-0.15, -0.1) is 0 Å². The van der Waals surface area contributed by atoms with Crippen molar-refractivity contribution in [2.24, 2.45) is 11.8 Å². The van der Waals surface area contributed by atoms with Crippen molar-refractivity contribution in [3.8, 4) is 5.75 Å². The van der Waals surface area contributed by atoms with Gasteiger partial charge in [0.1, 0.15) is 5.75 Å². The van der Waals surface area contributed by atoms with Gasteiger partial charge in [0.05, 0.1) is 0 Å². The molecule has 0 unspecified atom stereocenters. The molecule has 3 aliphatic carbocycles. The summed E-state index contributed by atoms with van der Waals surface area (Å²) in [4.78, 5) is 15.4. The second-order valence-electron chi connectivity index (χ2n) is 10.3. The first kappa shape index (κ1) is 21.0. The topological polar surface area (TPSA) is 41.6 Å². The molecule has 5 heteroatoms. The van der Waals surface area contributed by atoms with Crippen molar-refractivity contribution < 1.29 is 9.53 Å². The highest BCUT2D eigenvalue weighted by Crippen LogP contribution is 2.56. The number of benzene rings is 2. The predicted octanol–water partition coefficient (Wildman–Crippen LogP) is 6.37. The summed E-state index contributed by atoms with van der Waals surface area (Å²) < 4.78 is 6.89. The smallest absolute Gasteiger partial charge is 0.410 e. The highest BCUT2D eigenvalue weighted by molar-refractivity contribution is 14.1. The lowest BCUT2D eigenvalue weighted by Crippen LogP contribution is -2.61. The monoisotopic (exact) mass is 542 g/mol. The maximum absolute atomic E-state index is 12.5. The summed E-state index contributed by atoms with van der Waals surface area (Å²) in [7, 11) is 0. The maximum atomic E-state index is 12.5. The average Bonchev–Trinajstić information content (AvgIpc) is 3.62. The minimum atomic E-state index is -0.420. The molecule has 168 valence electrons. The third-order valence-corrected chi connectivity index (χ3v) is 9.13. The molecular formula is C27H31IN2O2. The highest BCUT2D eigenvalue weighted by Gasteiger charge is 2.54. The Morgan fingerprint density at radius 3 is 2.75 bits per heavy atom. The Hall–Kier alpha value is -1.60. The predicted molar refractivity (Wildman–Crippen MR) is 135 cm³/mol. The molecule has 4 nitrogen and oxygen atoms in total. The number of nitrogens with one attached hydrogen (secondary N) is 1. The molecule has 1 saturated heterocycles. The first-order valence-corrected chi connectivity index (χ1v) is 13.3. The first-order valence-electron chi connectivity index (χ1n) is 12.2. The van der Waals surface area contributed by atoms with Crippen LogP contribution in [0.4, 0.5) is 10.5 Å². The minimum Gasteiger partial charge on any atom is -0.410 e. The number of hydrogen-bond donors (Lipinski definition) is 1. The Morgan fingerprint density at radius 2 is 1.94 bits per heavy atom. The van der Waals surface area contributed by atoms with E-state index in [-0.39, 0.29) is 5.41 Å². The Kier molecular flexibility index (Phi) is 5.45. The van der Waals surface area contributed by atoms with E-state index in [0.717, 1.165) is 27.5 Å². The van der Waals surface area contributed by atoms with Crippen LogP contribution >= 0.6 is 22.6 Å². The standard InChI is InChI=1S/C27H31IN2O2/c28-20-7-9-21(10-8-20)29-26(31)32-22-11-6-19-15-25-23-3-1-2-12-27(23,24(19)16-22)13-14-30(25)17-18-4-5-18/h6-11,16,18,23,25H,1-5,12-15,17H2,(H,29,31)/t23-,25+,27+/m0/s1. The van der Waals surface area contributed by atoms with Crippen LogP contribution in [-0.4, -0.2) is 30.1 Å². The fourth-order valence-electron chi connectivity index (χ4n) is 6.77. The van der Waals surface area contributed by atoms with Gasteiger partial charge in [0, 0.05) is 27.3 Å². The summed E-state index contributed by atoms with van der Waals surface area (Å²) in [5.74, 6) is 2.38. The van der Waals surface area contributed by atoms with Gasteiger partial charge in [0.15, 0.2) is 0 Å². The number of anilines is 1. The fraction of sp³-hybridized carbons (Fsp3) is 0.519. The SMILES string of the molecule is O=C(Nc1ccc(I)cc1)Oc1ccc2c(c1)[C@@]13CCCC[C@H]1[C@@H](C2)N(CC1CC1)CC3. The molecule has 2 aromatic carbocycles. The number of nitrogens with zero attached hydrogens (tertiary/aromatic N) is 1. The van der Waals surface area contributed by atoms with Crippen LogP contribution in [-0.2, 0) is 11.8 Å². The van der Waals surface area contributed by atoms with Crippen molar-refractivity contribution in [3.63, 3.8) is 0 Å². The molecular weight excluding hydrogens is 511 g/mol. The van der Waals surface area contributed by atoms with Gasteiger partial charge in [-0.25, -0.2) is 4.79 Å². The van der Waals surface area contributed by atoms with Gasteiger partial charge < -0.3 is 4.74 Å². The number of rotatable bonds is 4. The van der Waals surface area contributed by atoms with E-state index in [1.165, 1.54) is 69.2 Å². The number of carbonyl (C=O) groups excluding carboxylic acids is 1. The molecule has 3 atom stereocenters.